The number of rotatable bonds is 29. The number of aromatic nitrogens is 4. The summed E-state index contributed by atoms with van der Waals surface area (Å²) >= 11 is 8.74. The van der Waals surface area contributed by atoms with Crippen LogP contribution in [-0.2, 0) is 12.8 Å². The molecule has 0 bridgehead atoms. The van der Waals surface area contributed by atoms with E-state index in [-0.39, 0.29) is 0 Å². The molecule has 0 saturated carbocycles. The van der Waals surface area contributed by atoms with Crippen LogP contribution < -0.4 is 10.2 Å². The fourth-order valence-electron chi connectivity index (χ4n) is 10.1. The minimum Gasteiger partial charge on any atom is -0.385 e. The molecule has 0 unspecified atom stereocenters. The first kappa shape index (κ1) is 51.6. The van der Waals surface area contributed by atoms with E-state index < -0.39 is 0 Å². The van der Waals surface area contributed by atoms with Crippen LogP contribution in [0.4, 0.5) is 11.4 Å². The zero-order valence-electron chi connectivity index (χ0n) is 43.0. The summed E-state index contributed by atoms with van der Waals surface area (Å²) in [5, 5.41) is 3.64. The highest BCUT2D eigenvalue weighted by atomic mass is 32.1. The van der Waals surface area contributed by atoms with Gasteiger partial charge in [-0.2, -0.15) is 8.75 Å². The highest BCUT2D eigenvalue weighted by Crippen LogP contribution is 2.50. The Bertz CT molecular complexity index is 3000. The third-order valence-corrected chi connectivity index (χ3v) is 19.4. The molecule has 0 saturated heterocycles. The lowest BCUT2D eigenvalue weighted by atomic mass is 10.0. The zero-order valence-corrected chi connectivity index (χ0v) is 47.1. The average molecular weight is 1040 g/mol. The molecule has 3 aromatic carbocycles. The number of anilines is 2. The predicted molar refractivity (Wildman–Crippen MR) is 318 cm³/mol. The molecular formula is C60H74N6S5. The predicted octanol–water partition coefficient (Wildman–Crippen LogP) is 20.3. The second kappa shape index (κ2) is 25.6. The van der Waals surface area contributed by atoms with Gasteiger partial charge in [-0.1, -0.05) is 155 Å². The van der Waals surface area contributed by atoms with Crippen molar-refractivity contribution in [3.05, 3.63) is 84.2 Å². The van der Waals surface area contributed by atoms with Crippen LogP contribution in [0.15, 0.2) is 72.8 Å². The van der Waals surface area contributed by atoms with Crippen molar-refractivity contribution in [3.63, 3.8) is 0 Å². The standard InChI is InChI=1S/C60H74N6S5/c1-6-11-14-17-20-23-34-61-43-30-26-41(27-31-43)47-37-49-51(67-47)39-53(69-49)55-57-58(63-46(10-5)45(9-4)62-57)56(60-59(55)64-71-65-60)54-40-52-50(70-54)38-48(68-52)42-28-32-44(33-29-42)66(35-24-21-18-15-12-7-2)36-25-22-19-16-13-8-3/h26-33,37-40,61H,6-25,34-36H2,1-5H3. The lowest BCUT2D eigenvalue weighted by Crippen LogP contribution is -2.25. The topological polar surface area (TPSA) is 66.8 Å². The summed E-state index contributed by atoms with van der Waals surface area (Å²) in [4.78, 5) is 18.6. The van der Waals surface area contributed by atoms with Gasteiger partial charge in [-0.05, 0) is 91.8 Å². The number of nitrogens with zero attached hydrogens (tertiary/aromatic N) is 5. The first-order chi connectivity index (χ1) is 35.0. The number of fused-ring (bicyclic) bond motifs is 4. The smallest absolute Gasteiger partial charge is 0.116 e. The maximum Gasteiger partial charge on any atom is 0.116 e. The first-order valence-corrected chi connectivity index (χ1v) is 31.2. The Morgan fingerprint density at radius 3 is 1.27 bits per heavy atom. The number of hydrogen-bond donors (Lipinski definition) is 1. The summed E-state index contributed by atoms with van der Waals surface area (Å²) in [6.45, 7) is 14.6. The summed E-state index contributed by atoms with van der Waals surface area (Å²) in [6, 6.07) is 27.9. The maximum absolute atomic E-state index is 5.49. The van der Waals surface area contributed by atoms with E-state index in [0.717, 1.165) is 77.1 Å². The van der Waals surface area contributed by atoms with Gasteiger partial charge in [-0.15, -0.1) is 45.3 Å². The Labute approximate surface area is 443 Å². The van der Waals surface area contributed by atoms with Crippen molar-refractivity contribution in [2.75, 3.05) is 29.9 Å². The summed E-state index contributed by atoms with van der Waals surface area (Å²) in [5.74, 6) is 0. The number of thiophene rings is 4. The summed E-state index contributed by atoms with van der Waals surface area (Å²) in [5.41, 5.74) is 13.1. The van der Waals surface area contributed by atoms with Crippen molar-refractivity contribution in [2.24, 2.45) is 0 Å². The van der Waals surface area contributed by atoms with E-state index >= 15 is 0 Å². The molecule has 0 radical (unpaired) electrons. The number of hydrogen-bond acceptors (Lipinski definition) is 11. The molecular weight excluding hydrogens is 965 g/mol. The lowest BCUT2D eigenvalue weighted by Gasteiger charge is -2.25. The number of unbranched alkanes of at least 4 members (excludes halogenated alkanes) is 15. The van der Waals surface area contributed by atoms with Crippen molar-refractivity contribution >= 4 is 109 Å². The Hall–Kier alpha value is -4.26. The van der Waals surface area contributed by atoms with E-state index in [1.807, 2.05) is 45.3 Å². The van der Waals surface area contributed by atoms with E-state index in [2.05, 4.69) is 118 Å². The molecule has 6 heterocycles. The van der Waals surface area contributed by atoms with Gasteiger partial charge in [0, 0.05) is 80.4 Å². The summed E-state index contributed by atoms with van der Waals surface area (Å²) < 4.78 is 15.3. The number of nitrogens with one attached hydrogen (secondary N) is 1. The maximum atomic E-state index is 5.49. The fourth-order valence-corrected chi connectivity index (χ4v) is 15.5. The van der Waals surface area contributed by atoms with Gasteiger partial charge in [-0.3, -0.25) is 0 Å². The highest BCUT2D eigenvalue weighted by molar-refractivity contribution is 7.31. The van der Waals surface area contributed by atoms with Crippen LogP contribution >= 0.6 is 57.1 Å². The van der Waals surface area contributed by atoms with Gasteiger partial charge in [0.05, 0.1) is 23.1 Å². The SMILES string of the molecule is CCCCCCCCNc1ccc(-c2cc3sc(-c4c5nsnc5c(-c5cc6sc(-c7ccc(N(CCCCCCCC)CCCCCCCC)cc7)cc6s5)c5nc(CC)c(CC)nc45)cc3s2)cc1. The molecule has 0 aliphatic carbocycles. The average Bonchev–Trinajstić information content (AvgIpc) is 4.25. The van der Waals surface area contributed by atoms with Crippen molar-refractivity contribution in [1.82, 2.24) is 18.7 Å². The van der Waals surface area contributed by atoms with E-state index in [1.54, 1.807) is 0 Å². The van der Waals surface area contributed by atoms with Crippen molar-refractivity contribution in [2.45, 2.75) is 163 Å². The van der Waals surface area contributed by atoms with E-state index in [0.29, 0.717) is 0 Å². The third kappa shape index (κ3) is 12.4. The van der Waals surface area contributed by atoms with Gasteiger partial charge in [0.15, 0.2) is 0 Å². The monoisotopic (exact) mass is 1040 g/mol. The molecule has 6 aromatic heterocycles. The van der Waals surface area contributed by atoms with Gasteiger partial charge >= 0.3 is 0 Å². The molecule has 9 rings (SSSR count). The molecule has 71 heavy (non-hydrogen) atoms. The van der Waals surface area contributed by atoms with Crippen molar-refractivity contribution < 1.29 is 0 Å². The molecule has 1 N–H and O–H groups in total. The van der Waals surface area contributed by atoms with Crippen LogP contribution in [-0.4, -0.2) is 38.3 Å². The minimum absolute atomic E-state index is 0.833. The first-order valence-electron chi connectivity index (χ1n) is 27.2. The number of aryl methyl sites for hydroxylation is 2. The van der Waals surface area contributed by atoms with Crippen LogP contribution in [0.2, 0.25) is 0 Å². The molecule has 374 valence electrons. The molecule has 6 nitrogen and oxygen atoms in total. The van der Waals surface area contributed by atoms with Gasteiger partial charge < -0.3 is 10.2 Å². The minimum atomic E-state index is 0.833. The van der Waals surface area contributed by atoms with Gasteiger partial charge in [0.1, 0.15) is 22.1 Å². The molecule has 0 amide bonds. The summed E-state index contributed by atoms with van der Waals surface area (Å²) in [7, 11) is 0. The fraction of sp³-hybridized carbons (Fsp3) is 0.467. The zero-order chi connectivity index (χ0) is 48.9. The highest BCUT2D eigenvalue weighted by Gasteiger charge is 2.26. The van der Waals surface area contributed by atoms with Crippen LogP contribution in [0.1, 0.15) is 162 Å². The Balaban J connectivity index is 0.964. The molecule has 0 atom stereocenters. The normalized spacial score (nSPS) is 11.9. The quantitative estimate of drug-likeness (QED) is 0.0472. The van der Waals surface area contributed by atoms with Crippen molar-refractivity contribution in [3.8, 4) is 41.8 Å². The van der Waals surface area contributed by atoms with Crippen LogP contribution in [0.3, 0.4) is 0 Å². The Morgan fingerprint density at radius 2 is 0.817 bits per heavy atom. The largest absolute Gasteiger partial charge is 0.385 e. The molecule has 0 aliphatic heterocycles. The van der Waals surface area contributed by atoms with Crippen LogP contribution in [0.25, 0.3) is 82.6 Å². The molecule has 11 heteroatoms. The molecule has 0 aliphatic rings. The van der Waals surface area contributed by atoms with Gasteiger partial charge in [0.25, 0.3) is 0 Å². The summed E-state index contributed by atoms with van der Waals surface area (Å²) in [6.07, 6.45) is 25.6. The molecule has 9 aromatic rings. The van der Waals surface area contributed by atoms with Gasteiger partial charge in [-0.25, -0.2) is 9.97 Å². The lowest BCUT2D eigenvalue weighted by molar-refractivity contribution is 0.575. The van der Waals surface area contributed by atoms with E-state index in [1.165, 1.54) is 188 Å². The third-order valence-electron chi connectivity index (χ3n) is 14.2. The Kier molecular flexibility index (Phi) is 18.6. The molecule has 0 spiro atoms. The Morgan fingerprint density at radius 1 is 0.423 bits per heavy atom. The number of benzene rings is 3. The molecule has 0 fully saturated rings. The second-order valence-electron chi connectivity index (χ2n) is 19.5. The van der Waals surface area contributed by atoms with Crippen LogP contribution in [0, 0.1) is 0 Å². The van der Waals surface area contributed by atoms with E-state index in [4.69, 9.17) is 18.7 Å². The van der Waals surface area contributed by atoms with Gasteiger partial charge in [0.2, 0.25) is 0 Å². The van der Waals surface area contributed by atoms with Crippen LogP contribution in [0.5, 0.6) is 0 Å². The van der Waals surface area contributed by atoms with E-state index in [9.17, 15) is 0 Å². The second-order valence-corrected chi connectivity index (χ2v) is 24.3. The van der Waals surface area contributed by atoms with Crippen molar-refractivity contribution in [1.29, 1.82) is 0 Å².